The summed E-state index contributed by atoms with van der Waals surface area (Å²) >= 11 is 12.2. The zero-order valence-corrected chi connectivity index (χ0v) is 18.1. The fraction of sp³-hybridized carbons (Fsp3) is 0.350. The first-order chi connectivity index (χ1) is 13.8. The molecule has 6 nitrogen and oxygen atoms in total. The van der Waals surface area contributed by atoms with Crippen LogP contribution in [0.4, 0.5) is 10.5 Å². The average molecular weight is 455 g/mol. The summed E-state index contributed by atoms with van der Waals surface area (Å²) in [5.74, 6) is 0. The number of carbonyl (C=O) groups is 1. The van der Waals surface area contributed by atoms with E-state index in [0.717, 1.165) is 11.3 Å². The molecule has 2 aliphatic heterocycles. The van der Waals surface area contributed by atoms with Crippen molar-refractivity contribution in [2.24, 2.45) is 0 Å². The van der Waals surface area contributed by atoms with Gasteiger partial charge < -0.3 is 4.74 Å². The van der Waals surface area contributed by atoms with E-state index in [4.69, 9.17) is 27.9 Å². The Hall–Kier alpha value is -1.80. The van der Waals surface area contributed by atoms with Crippen molar-refractivity contribution in [2.75, 3.05) is 18.0 Å². The molecule has 2 aromatic rings. The lowest BCUT2D eigenvalue weighted by atomic mass is 10.0. The Morgan fingerprint density at radius 3 is 2.55 bits per heavy atom. The average Bonchev–Trinajstić information content (AvgIpc) is 2.70. The Kier molecular flexibility index (Phi) is 5.50. The van der Waals surface area contributed by atoms with Gasteiger partial charge in [0.15, 0.2) is 0 Å². The summed E-state index contributed by atoms with van der Waals surface area (Å²) in [5.41, 5.74) is 2.17. The number of nitrogens with zero attached hydrogens (tertiary/aromatic N) is 2. The molecule has 154 valence electrons. The maximum Gasteiger partial charge on any atom is 0.414 e. The van der Waals surface area contributed by atoms with Gasteiger partial charge in [-0.15, -0.1) is 0 Å². The predicted octanol–water partition coefficient (Wildman–Crippen LogP) is 4.61. The Morgan fingerprint density at radius 1 is 1.10 bits per heavy atom. The summed E-state index contributed by atoms with van der Waals surface area (Å²) in [6.07, 6.45) is 0.610. The van der Waals surface area contributed by atoms with Gasteiger partial charge in [-0.05, 0) is 55.7 Å². The SMILES string of the molecule is Cc1c(Cl)cccc1S(=O)(=O)N1CCC(N2C(=O)OCc3cc(Cl)ccc32)CC1. The Labute approximate surface area is 180 Å². The maximum atomic E-state index is 13.1. The lowest BCUT2D eigenvalue weighted by Crippen LogP contribution is -2.50. The monoisotopic (exact) mass is 454 g/mol. The number of halogens is 2. The zero-order valence-electron chi connectivity index (χ0n) is 15.8. The van der Waals surface area contributed by atoms with E-state index in [0.29, 0.717) is 41.5 Å². The molecule has 1 amide bonds. The second-order valence-corrected chi connectivity index (χ2v) is 9.95. The molecule has 0 aromatic heterocycles. The fourth-order valence-electron chi connectivity index (χ4n) is 3.90. The van der Waals surface area contributed by atoms with Crippen molar-refractivity contribution in [3.8, 4) is 0 Å². The van der Waals surface area contributed by atoms with Crippen molar-refractivity contribution >= 4 is 45.0 Å². The summed E-state index contributed by atoms with van der Waals surface area (Å²) < 4.78 is 32.9. The summed E-state index contributed by atoms with van der Waals surface area (Å²) in [4.78, 5) is 14.3. The number of sulfonamides is 1. The second-order valence-electron chi connectivity index (χ2n) is 7.20. The van der Waals surface area contributed by atoms with E-state index in [2.05, 4.69) is 0 Å². The lowest BCUT2D eigenvalue weighted by molar-refractivity contribution is 0.136. The van der Waals surface area contributed by atoms with Gasteiger partial charge in [-0.3, -0.25) is 4.90 Å². The Bertz CT molecular complexity index is 1070. The number of hydrogen-bond donors (Lipinski definition) is 0. The van der Waals surface area contributed by atoms with Crippen LogP contribution in [0.1, 0.15) is 24.0 Å². The Morgan fingerprint density at radius 2 is 1.83 bits per heavy atom. The van der Waals surface area contributed by atoms with Crippen LogP contribution in [0.3, 0.4) is 0 Å². The van der Waals surface area contributed by atoms with Crippen LogP contribution >= 0.6 is 23.2 Å². The second kappa shape index (κ2) is 7.80. The fourth-order valence-corrected chi connectivity index (χ4v) is 6.05. The van der Waals surface area contributed by atoms with E-state index in [-0.39, 0.29) is 17.5 Å². The van der Waals surface area contributed by atoms with Gasteiger partial charge >= 0.3 is 6.09 Å². The van der Waals surface area contributed by atoms with Crippen LogP contribution in [-0.4, -0.2) is 37.9 Å². The van der Waals surface area contributed by atoms with Gasteiger partial charge in [-0.2, -0.15) is 4.31 Å². The molecule has 2 aromatic carbocycles. The van der Waals surface area contributed by atoms with Crippen molar-refractivity contribution in [1.29, 1.82) is 0 Å². The number of benzene rings is 2. The number of rotatable bonds is 3. The summed E-state index contributed by atoms with van der Waals surface area (Å²) in [6, 6.07) is 10.1. The topological polar surface area (TPSA) is 66.9 Å². The highest BCUT2D eigenvalue weighted by Crippen LogP contribution is 2.35. The number of piperidine rings is 1. The molecule has 0 aliphatic carbocycles. The summed E-state index contributed by atoms with van der Waals surface area (Å²) in [7, 11) is -3.65. The van der Waals surface area contributed by atoms with E-state index in [1.807, 2.05) is 6.07 Å². The van der Waals surface area contributed by atoms with Crippen LogP contribution in [0, 0.1) is 6.92 Å². The number of amides is 1. The number of carbonyl (C=O) groups excluding carboxylic acids is 1. The van der Waals surface area contributed by atoms with Crippen molar-refractivity contribution < 1.29 is 17.9 Å². The van der Waals surface area contributed by atoms with Crippen molar-refractivity contribution in [3.63, 3.8) is 0 Å². The molecule has 0 spiro atoms. The smallest absolute Gasteiger partial charge is 0.414 e. The molecular formula is C20H20Cl2N2O4S. The molecule has 0 atom stereocenters. The van der Waals surface area contributed by atoms with E-state index in [1.165, 1.54) is 4.31 Å². The zero-order chi connectivity index (χ0) is 20.8. The predicted molar refractivity (Wildman–Crippen MR) is 112 cm³/mol. The standard InChI is InChI=1S/C20H20Cl2N2O4S/c1-13-17(22)3-2-4-19(13)29(26,27)23-9-7-16(8-10-23)24-18-6-5-15(21)11-14(18)12-28-20(24)25/h2-6,11,16H,7-10,12H2,1H3. The first kappa shape index (κ1) is 20.5. The minimum atomic E-state index is -3.65. The molecule has 1 saturated heterocycles. The molecule has 0 unspecified atom stereocenters. The lowest BCUT2D eigenvalue weighted by Gasteiger charge is -2.39. The normalized spacial score (nSPS) is 18.4. The molecule has 2 aliphatic rings. The van der Waals surface area contributed by atoms with E-state index >= 15 is 0 Å². The van der Waals surface area contributed by atoms with Crippen LogP contribution in [0.2, 0.25) is 10.0 Å². The Balaban J connectivity index is 1.54. The maximum absolute atomic E-state index is 13.1. The molecule has 0 N–H and O–H groups in total. The van der Waals surface area contributed by atoms with Crippen molar-refractivity contribution in [2.45, 2.75) is 37.3 Å². The largest absolute Gasteiger partial charge is 0.444 e. The van der Waals surface area contributed by atoms with E-state index in [9.17, 15) is 13.2 Å². The number of fused-ring (bicyclic) bond motifs is 1. The third-order valence-corrected chi connectivity index (χ3v) is 8.16. The molecule has 9 heteroatoms. The molecule has 29 heavy (non-hydrogen) atoms. The van der Waals surface area contributed by atoms with Gasteiger partial charge in [0.25, 0.3) is 0 Å². The molecule has 0 saturated carbocycles. The quantitative estimate of drug-likeness (QED) is 0.678. The summed E-state index contributed by atoms with van der Waals surface area (Å²) in [6.45, 7) is 2.51. The molecule has 1 fully saturated rings. The first-order valence-corrected chi connectivity index (χ1v) is 11.5. The van der Waals surface area contributed by atoms with Crippen molar-refractivity contribution in [1.82, 2.24) is 4.31 Å². The number of anilines is 1. The minimum Gasteiger partial charge on any atom is -0.444 e. The highest BCUT2D eigenvalue weighted by atomic mass is 35.5. The van der Waals surface area contributed by atoms with Crippen LogP contribution in [0.25, 0.3) is 0 Å². The van der Waals surface area contributed by atoms with Crippen molar-refractivity contribution in [3.05, 3.63) is 57.6 Å². The van der Waals surface area contributed by atoms with Gasteiger partial charge in [-0.25, -0.2) is 13.2 Å². The molecular weight excluding hydrogens is 435 g/mol. The number of cyclic esters (lactones) is 1. The minimum absolute atomic E-state index is 0.144. The van der Waals surface area contributed by atoms with Crippen LogP contribution in [0.5, 0.6) is 0 Å². The first-order valence-electron chi connectivity index (χ1n) is 9.28. The van der Waals surface area contributed by atoms with E-state index in [1.54, 1.807) is 42.2 Å². The van der Waals surface area contributed by atoms with Gasteiger partial charge in [0, 0.05) is 34.7 Å². The molecule has 0 radical (unpaired) electrons. The third kappa shape index (κ3) is 3.72. The summed E-state index contributed by atoms with van der Waals surface area (Å²) in [5, 5.41) is 1.01. The number of ether oxygens (including phenoxy) is 1. The van der Waals surface area contributed by atoms with Gasteiger partial charge in [0.2, 0.25) is 10.0 Å². The van der Waals surface area contributed by atoms with Crippen LogP contribution < -0.4 is 4.90 Å². The van der Waals surface area contributed by atoms with Gasteiger partial charge in [0.1, 0.15) is 6.61 Å². The molecule has 2 heterocycles. The third-order valence-electron chi connectivity index (χ3n) is 5.47. The molecule has 4 rings (SSSR count). The molecule has 0 bridgehead atoms. The van der Waals surface area contributed by atoms with Crippen LogP contribution in [-0.2, 0) is 21.4 Å². The van der Waals surface area contributed by atoms with Gasteiger partial charge in [0.05, 0.1) is 10.6 Å². The highest BCUT2D eigenvalue weighted by Gasteiger charge is 2.37. The highest BCUT2D eigenvalue weighted by molar-refractivity contribution is 7.89. The van der Waals surface area contributed by atoms with Gasteiger partial charge in [-0.1, -0.05) is 29.3 Å². The number of hydrogen-bond acceptors (Lipinski definition) is 4. The van der Waals surface area contributed by atoms with E-state index < -0.39 is 16.1 Å². The van der Waals surface area contributed by atoms with Crippen LogP contribution in [0.15, 0.2) is 41.3 Å².